The molecule has 0 aliphatic heterocycles. The molecule has 1 aromatic rings. The molecule has 0 unspecified atom stereocenters. The van der Waals surface area contributed by atoms with E-state index in [2.05, 4.69) is 6.58 Å². The molecule has 0 saturated carbocycles. The second kappa shape index (κ2) is 11.0. The van der Waals surface area contributed by atoms with Gasteiger partial charge in [0, 0.05) is 13.0 Å². The minimum absolute atomic E-state index is 0.0139. The molecule has 0 aliphatic rings. The fourth-order valence-electron chi connectivity index (χ4n) is 2.98. The molecule has 2 atom stereocenters. The highest BCUT2D eigenvalue weighted by Gasteiger charge is 2.23. The summed E-state index contributed by atoms with van der Waals surface area (Å²) in [5.41, 5.74) is 2.69. The van der Waals surface area contributed by atoms with Crippen LogP contribution in [0.15, 0.2) is 93.8 Å². The molecule has 28 heavy (non-hydrogen) atoms. The van der Waals surface area contributed by atoms with Crippen molar-refractivity contribution in [2.75, 3.05) is 7.11 Å². The van der Waals surface area contributed by atoms with Crippen LogP contribution in [0.5, 0.6) is 0 Å². The van der Waals surface area contributed by atoms with Crippen molar-refractivity contribution in [1.29, 1.82) is 0 Å². The topological polar surface area (TPSA) is 43.4 Å². The molecule has 0 aliphatic carbocycles. The largest absolute Gasteiger partial charge is 0.377 e. The molecule has 4 heteroatoms. The van der Waals surface area contributed by atoms with Crippen molar-refractivity contribution in [3.8, 4) is 0 Å². The van der Waals surface area contributed by atoms with Crippen LogP contribution in [0.25, 0.3) is 0 Å². The Hall–Kier alpha value is -2.17. The molecule has 0 amide bonds. The fraction of sp³-hybridized carbons (Fsp3) is 0.333. The Labute approximate surface area is 170 Å². The zero-order valence-electron chi connectivity index (χ0n) is 17.8. The smallest absolute Gasteiger partial charge is 0.206 e. The van der Waals surface area contributed by atoms with E-state index in [-0.39, 0.29) is 21.8 Å². The third-order valence-corrected chi connectivity index (χ3v) is 6.63. The summed E-state index contributed by atoms with van der Waals surface area (Å²) in [6.07, 6.45) is 9.00. The lowest BCUT2D eigenvalue weighted by Crippen LogP contribution is -2.21. The molecule has 0 bridgehead atoms. The van der Waals surface area contributed by atoms with Gasteiger partial charge in [0.2, 0.25) is 9.84 Å². The molecule has 1 aromatic carbocycles. The molecule has 152 valence electrons. The Bertz CT molecular complexity index is 885. The molecule has 1 rings (SSSR count). The van der Waals surface area contributed by atoms with Crippen LogP contribution in [0.4, 0.5) is 0 Å². The van der Waals surface area contributed by atoms with Crippen molar-refractivity contribution in [2.24, 2.45) is 5.92 Å². The number of sulfone groups is 1. The van der Waals surface area contributed by atoms with Gasteiger partial charge in [0.1, 0.15) is 0 Å². The Morgan fingerprint density at radius 2 is 1.71 bits per heavy atom. The predicted octanol–water partition coefficient (Wildman–Crippen LogP) is 6.04. The summed E-state index contributed by atoms with van der Waals surface area (Å²) in [6.45, 7) is 13.5. The highest BCUT2D eigenvalue weighted by atomic mass is 32.2. The number of methoxy groups -OCH3 is 1. The molecule has 0 aromatic heterocycles. The third-order valence-electron chi connectivity index (χ3n) is 4.70. The minimum Gasteiger partial charge on any atom is -0.377 e. The molecule has 0 heterocycles. The Morgan fingerprint density at radius 3 is 2.21 bits per heavy atom. The zero-order chi connectivity index (χ0) is 21.3. The molecular weight excluding hydrogens is 368 g/mol. The minimum atomic E-state index is -3.65. The fourth-order valence-corrected chi connectivity index (χ4v) is 4.49. The van der Waals surface area contributed by atoms with E-state index in [1.54, 1.807) is 55.7 Å². The van der Waals surface area contributed by atoms with E-state index in [1.807, 2.05) is 46.8 Å². The van der Waals surface area contributed by atoms with Gasteiger partial charge in [-0.15, -0.1) is 0 Å². The number of rotatable bonds is 9. The van der Waals surface area contributed by atoms with Crippen molar-refractivity contribution in [2.45, 2.75) is 45.6 Å². The Balaban J connectivity index is 3.50. The second-order valence-electron chi connectivity index (χ2n) is 6.86. The van der Waals surface area contributed by atoms with Crippen LogP contribution in [-0.4, -0.2) is 21.6 Å². The van der Waals surface area contributed by atoms with Gasteiger partial charge >= 0.3 is 0 Å². The molecule has 0 saturated heterocycles. The lowest BCUT2D eigenvalue weighted by molar-refractivity contribution is 0.103. The summed E-state index contributed by atoms with van der Waals surface area (Å²) < 4.78 is 32.2. The van der Waals surface area contributed by atoms with Crippen LogP contribution >= 0.6 is 0 Å². The zero-order valence-corrected chi connectivity index (χ0v) is 18.6. The highest BCUT2D eigenvalue weighted by Crippen LogP contribution is 2.28. The van der Waals surface area contributed by atoms with E-state index in [1.165, 1.54) is 0 Å². The van der Waals surface area contributed by atoms with Crippen molar-refractivity contribution >= 4 is 9.84 Å². The van der Waals surface area contributed by atoms with Gasteiger partial charge in [-0.05, 0) is 57.0 Å². The summed E-state index contributed by atoms with van der Waals surface area (Å²) in [4.78, 5) is 0.555. The van der Waals surface area contributed by atoms with Crippen LogP contribution in [0.1, 0.15) is 34.6 Å². The van der Waals surface area contributed by atoms with Gasteiger partial charge in [-0.3, -0.25) is 0 Å². The van der Waals surface area contributed by atoms with E-state index >= 15 is 0 Å². The maximum Gasteiger partial charge on any atom is 0.206 e. The van der Waals surface area contributed by atoms with Crippen molar-refractivity contribution < 1.29 is 13.2 Å². The van der Waals surface area contributed by atoms with E-state index in [0.29, 0.717) is 5.57 Å². The number of allylic oxidation sites excluding steroid dienone is 6. The van der Waals surface area contributed by atoms with Gasteiger partial charge in [-0.1, -0.05) is 61.6 Å². The highest BCUT2D eigenvalue weighted by molar-refractivity contribution is 7.95. The SMILES string of the molecule is C=C/C(C)=C/C=C(/C(C)=C/[C@@H](C)[C@@H](OC)/C(C)=C/C)S(=O)(=O)c1ccccc1. The van der Waals surface area contributed by atoms with E-state index in [0.717, 1.165) is 11.1 Å². The molecule has 0 radical (unpaired) electrons. The van der Waals surface area contributed by atoms with Gasteiger partial charge in [-0.2, -0.15) is 0 Å². The second-order valence-corrected chi connectivity index (χ2v) is 8.78. The normalized spacial score (nSPS) is 16.6. The first-order valence-corrected chi connectivity index (χ1v) is 10.8. The number of ether oxygens (including phenoxy) is 1. The van der Waals surface area contributed by atoms with Crippen LogP contribution < -0.4 is 0 Å². The quantitative estimate of drug-likeness (QED) is 0.375. The monoisotopic (exact) mass is 400 g/mol. The van der Waals surface area contributed by atoms with Crippen molar-refractivity contribution in [3.63, 3.8) is 0 Å². The van der Waals surface area contributed by atoms with Crippen LogP contribution in [0.3, 0.4) is 0 Å². The van der Waals surface area contributed by atoms with Crippen LogP contribution in [0, 0.1) is 5.92 Å². The Kier molecular flexibility index (Phi) is 9.36. The summed E-state index contributed by atoms with van der Waals surface area (Å²) >= 11 is 0. The predicted molar refractivity (Wildman–Crippen MR) is 119 cm³/mol. The van der Waals surface area contributed by atoms with Crippen LogP contribution in [0.2, 0.25) is 0 Å². The van der Waals surface area contributed by atoms with E-state index in [4.69, 9.17) is 4.74 Å². The first-order chi connectivity index (χ1) is 13.2. The number of benzene rings is 1. The third kappa shape index (κ3) is 6.18. The van der Waals surface area contributed by atoms with E-state index < -0.39 is 9.84 Å². The average Bonchev–Trinajstić information content (AvgIpc) is 2.68. The number of hydrogen-bond donors (Lipinski definition) is 0. The summed E-state index contributed by atoms with van der Waals surface area (Å²) in [6, 6.07) is 8.50. The van der Waals surface area contributed by atoms with E-state index in [9.17, 15) is 8.42 Å². The summed E-state index contributed by atoms with van der Waals surface area (Å²) in [5.74, 6) is 0.0139. The first-order valence-electron chi connectivity index (χ1n) is 9.34. The molecule has 3 nitrogen and oxygen atoms in total. The molecule has 0 spiro atoms. The standard InChI is InChI=1S/C24H32O3S/c1-8-18(3)15-16-23(28(25,26)22-13-11-10-12-14-22)20(5)17-21(6)24(27-7)19(4)9-2/h8-17,21,24H,1H2,2-7H3/b18-15+,19-9+,20-17+,23-16-/t21-,24+/m1/s1. The van der Waals surface area contributed by atoms with Gasteiger partial charge in [-0.25, -0.2) is 8.42 Å². The lowest BCUT2D eigenvalue weighted by atomic mass is 9.95. The van der Waals surface area contributed by atoms with Gasteiger partial charge in [0.25, 0.3) is 0 Å². The summed E-state index contributed by atoms with van der Waals surface area (Å²) in [5, 5.41) is 0. The first kappa shape index (κ1) is 23.9. The Morgan fingerprint density at radius 1 is 1.11 bits per heavy atom. The van der Waals surface area contributed by atoms with Gasteiger partial charge in [0.05, 0.1) is 15.9 Å². The lowest BCUT2D eigenvalue weighted by Gasteiger charge is -2.22. The van der Waals surface area contributed by atoms with Crippen LogP contribution in [-0.2, 0) is 14.6 Å². The van der Waals surface area contributed by atoms with Gasteiger partial charge < -0.3 is 4.74 Å². The maximum atomic E-state index is 13.3. The van der Waals surface area contributed by atoms with Crippen molar-refractivity contribution in [3.05, 3.63) is 88.9 Å². The van der Waals surface area contributed by atoms with Crippen molar-refractivity contribution in [1.82, 2.24) is 0 Å². The summed E-state index contributed by atoms with van der Waals surface area (Å²) in [7, 11) is -1.98. The maximum absolute atomic E-state index is 13.3. The molecule has 0 N–H and O–H groups in total. The number of hydrogen-bond acceptors (Lipinski definition) is 3. The molecular formula is C24H32O3S. The average molecular weight is 401 g/mol. The van der Waals surface area contributed by atoms with Gasteiger partial charge in [0.15, 0.2) is 0 Å². The molecule has 0 fully saturated rings.